The van der Waals surface area contributed by atoms with Crippen molar-refractivity contribution in [3.8, 4) is 0 Å². The Morgan fingerprint density at radius 2 is 1.46 bits per heavy atom. The molecule has 0 rings (SSSR count). The highest BCUT2D eigenvalue weighted by Crippen LogP contribution is 2.08. The van der Waals surface area contributed by atoms with Crippen LogP contribution < -0.4 is 0 Å². The van der Waals surface area contributed by atoms with E-state index in [1.54, 1.807) is 0 Å². The van der Waals surface area contributed by atoms with Gasteiger partial charge < -0.3 is 0 Å². The SMILES string of the molecule is C.C=C(C)/C=C\C(=C)C(C)C.CC. The molecule has 13 heavy (non-hydrogen) atoms. The maximum atomic E-state index is 3.90. The number of allylic oxidation sites excluding steroid dienone is 4. The van der Waals surface area contributed by atoms with E-state index >= 15 is 0 Å². The van der Waals surface area contributed by atoms with Gasteiger partial charge in [-0.2, -0.15) is 0 Å². The molecule has 0 heterocycles. The second-order valence-corrected chi connectivity index (χ2v) is 2.91. The second-order valence-electron chi connectivity index (χ2n) is 2.91. The fourth-order valence-corrected chi connectivity index (χ4v) is 0.442. The number of hydrogen-bond acceptors (Lipinski definition) is 0. The molecule has 0 aromatic heterocycles. The molecule has 0 saturated heterocycles. The van der Waals surface area contributed by atoms with E-state index in [-0.39, 0.29) is 7.43 Å². The zero-order valence-electron chi connectivity index (χ0n) is 9.15. The lowest BCUT2D eigenvalue weighted by Crippen LogP contribution is -1.86. The highest BCUT2D eigenvalue weighted by molar-refractivity contribution is 5.23. The second kappa shape index (κ2) is 11.2. The van der Waals surface area contributed by atoms with Gasteiger partial charge in [0.1, 0.15) is 0 Å². The molecule has 0 atom stereocenters. The van der Waals surface area contributed by atoms with Gasteiger partial charge >= 0.3 is 0 Å². The molecule has 0 amide bonds. The topological polar surface area (TPSA) is 0 Å². The molecular formula is C13H26. The molecule has 78 valence electrons. The molecule has 0 bridgehead atoms. The Labute approximate surface area is 85.1 Å². The minimum absolute atomic E-state index is 0. The van der Waals surface area contributed by atoms with Crippen molar-refractivity contribution >= 4 is 0 Å². The van der Waals surface area contributed by atoms with Crippen molar-refractivity contribution in [2.45, 2.75) is 42.0 Å². The third-order valence-corrected chi connectivity index (χ3v) is 1.32. The summed E-state index contributed by atoms with van der Waals surface area (Å²) in [7, 11) is 0. The normalized spacial score (nSPS) is 8.77. The molecule has 0 aliphatic carbocycles. The molecule has 0 heteroatoms. The van der Waals surface area contributed by atoms with Crippen LogP contribution in [0.4, 0.5) is 0 Å². The Morgan fingerprint density at radius 1 is 1.08 bits per heavy atom. The maximum absolute atomic E-state index is 3.90. The van der Waals surface area contributed by atoms with Crippen LogP contribution in [0.5, 0.6) is 0 Å². The molecule has 0 N–H and O–H groups in total. The van der Waals surface area contributed by atoms with Crippen LogP contribution in [-0.2, 0) is 0 Å². The summed E-state index contributed by atoms with van der Waals surface area (Å²) in [5.41, 5.74) is 2.23. The van der Waals surface area contributed by atoms with Crippen LogP contribution in [0.25, 0.3) is 0 Å². The Morgan fingerprint density at radius 3 is 1.69 bits per heavy atom. The van der Waals surface area contributed by atoms with Gasteiger partial charge in [-0.25, -0.2) is 0 Å². The molecular weight excluding hydrogens is 156 g/mol. The largest absolute Gasteiger partial charge is 0.0961 e. The van der Waals surface area contributed by atoms with Gasteiger partial charge in [0.25, 0.3) is 0 Å². The lowest BCUT2D eigenvalue weighted by molar-refractivity contribution is 0.795. The van der Waals surface area contributed by atoms with Crippen molar-refractivity contribution in [2.75, 3.05) is 0 Å². The molecule has 0 aromatic carbocycles. The van der Waals surface area contributed by atoms with E-state index in [9.17, 15) is 0 Å². The minimum Gasteiger partial charge on any atom is -0.0961 e. The molecule has 0 spiro atoms. The van der Waals surface area contributed by atoms with E-state index in [0.29, 0.717) is 5.92 Å². The molecule has 0 saturated carbocycles. The summed E-state index contributed by atoms with van der Waals surface area (Å²) in [4.78, 5) is 0. The van der Waals surface area contributed by atoms with Crippen molar-refractivity contribution in [3.63, 3.8) is 0 Å². The summed E-state index contributed by atoms with van der Waals surface area (Å²) in [6.07, 6.45) is 4.01. The Balaban J connectivity index is -0.000000309. The van der Waals surface area contributed by atoms with Gasteiger partial charge in [0.05, 0.1) is 0 Å². The van der Waals surface area contributed by atoms with E-state index in [1.165, 1.54) is 0 Å². The van der Waals surface area contributed by atoms with Gasteiger partial charge in [0.2, 0.25) is 0 Å². The van der Waals surface area contributed by atoms with E-state index in [0.717, 1.165) is 11.1 Å². The minimum atomic E-state index is 0. The lowest BCUT2D eigenvalue weighted by Gasteiger charge is -2.01. The van der Waals surface area contributed by atoms with Crippen molar-refractivity contribution in [2.24, 2.45) is 5.92 Å². The first-order chi connectivity index (χ1) is 5.54. The fourth-order valence-electron chi connectivity index (χ4n) is 0.442. The van der Waals surface area contributed by atoms with Crippen molar-refractivity contribution in [3.05, 3.63) is 36.5 Å². The molecule has 0 nitrogen and oxygen atoms in total. The summed E-state index contributed by atoms with van der Waals surface area (Å²) in [6.45, 7) is 17.9. The molecule has 0 aliphatic heterocycles. The molecule has 0 radical (unpaired) electrons. The maximum Gasteiger partial charge on any atom is -0.0225 e. The summed E-state index contributed by atoms with van der Waals surface area (Å²) in [6, 6.07) is 0. The smallest absolute Gasteiger partial charge is 0.0225 e. The van der Waals surface area contributed by atoms with Gasteiger partial charge in [-0.1, -0.05) is 71.6 Å². The van der Waals surface area contributed by atoms with Crippen LogP contribution in [0.15, 0.2) is 36.5 Å². The Hall–Kier alpha value is -0.780. The summed E-state index contributed by atoms with van der Waals surface area (Å²) in [5, 5.41) is 0. The van der Waals surface area contributed by atoms with Crippen molar-refractivity contribution in [1.82, 2.24) is 0 Å². The van der Waals surface area contributed by atoms with Crippen molar-refractivity contribution < 1.29 is 0 Å². The van der Waals surface area contributed by atoms with E-state index in [2.05, 4.69) is 27.0 Å². The highest BCUT2D eigenvalue weighted by atomic mass is 14.0. The van der Waals surface area contributed by atoms with Crippen LogP contribution in [0.1, 0.15) is 42.0 Å². The van der Waals surface area contributed by atoms with Crippen molar-refractivity contribution in [1.29, 1.82) is 0 Å². The fraction of sp³-hybridized carbons (Fsp3) is 0.538. The molecule has 0 fully saturated rings. The Kier molecular flexibility index (Phi) is 15.6. The predicted molar refractivity (Wildman–Crippen MR) is 66.0 cm³/mol. The van der Waals surface area contributed by atoms with Crippen LogP contribution in [0, 0.1) is 5.92 Å². The molecule has 0 aromatic rings. The van der Waals surface area contributed by atoms with Crippen LogP contribution in [-0.4, -0.2) is 0 Å². The van der Waals surface area contributed by atoms with Gasteiger partial charge in [-0.05, 0) is 12.8 Å². The summed E-state index contributed by atoms with van der Waals surface area (Å²) in [5.74, 6) is 0.538. The third kappa shape index (κ3) is 14.1. The zero-order chi connectivity index (χ0) is 10.1. The number of rotatable bonds is 3. The van der Waals surface area contributed by atoms with Gasteiger partial charge in [0.15, 0.2) is 0 Å². The first kappa shape index (κ1) is 18.1. The Bertz CT molecular complexity index is 159. The van der Waals surface area contributed by atoms with Crippen LogP contribution in [0.3, 0.4) is 0 Å². The molecule has 0 unspecified atom stereocenters. The monoisotopic (exact) mass is 182 g/mol. The lowest BCUT2D eigenvalue weighted by atomic mass is 10.0. The predicted octanol–water partition coefficient (Wildman–Crippen LogP) is 4.99. The van der Waals surface area contributed by atoms with Gasteiger partial charge in [0, 0.05) is 0 Å². The zero-order valence-corrected chi connectivity index (χ0v) is 9.15. The van der Waals surface area contributed by atoms with Gasteiger partial charge in [-0.3, -0.25) is 0 Å². The highest BCUT2D eigenvalue weighted by Gasteiger charge is 1.92. The average molecular weight is 182 g/mol. The van der Waals surface area contributed by atoms with Gasteiger partial charge in [-0.15, -0.1) is 0 Å². The first-order valence-corrected chi connectivity index (χ1v) is 4.56. The number of hydrogen-bond donors (Lipinski definition) is 0. The van der Waals surface area contributed by atoms with Crippen LogP contribution in [0.2, 0.25) is 0 Å². The summed E-state index contributed by atoms with van der Waals surface area (Å²) >= 11 is 0. The van der Waals surface area contributed by atoms with Crippen LogP contribution >= 0.6 is 0 Å². The standard InChI is InChI=1S/C10H16.C2H6.CH4/c1-8(2)6-7-10(5)9(3)4;1-2;/h6-7,9H,1,5H2,2-4H3;1-2H3;1H4/b7-6-;;. The average Bonchev–Trinajstić information content (AvgIpc) is 2.03. The van der Waals surface area contributed by atoms with E-state index in [4.69, 9.17) is 0 Å². The third-order valence-electron chi connectivity index (χ3n) is 1.32. The quantitative estimate of drug-likeness (QED) is 0.539. The molecule has 0 aliphatic rings. The first-order valence-electron chi connectivity index (χ1n) is 4.56. The van der Waals surface area contributed by atoms with E-state index < -0.39 is 0 Å². The van der Waals surface area contributed by atoms with E-state index in [1.807, 2.05) is 32.9 Å². The summed E-state index contributed by atoms with van der Waals surface area (Å²) < 4.78 is 0.